The van der Waals surface area contributed by atoms with E-state index in [0.29, 0.717) is 11.6 Å². The molecule has 0 heterocycles. The molecule has 20 heavy (non-hydrogen) atoms. The Kier molecular flexibility index (Phi) is 4.53. The summed E-state index contributed by atoms with van der Waals surface area (Å²) < 4.78 is 0. The molecule has 2 rings (SSSR count). The van der Waals surface area contributed by atoms with Crippen LogP contribution in [0, 0.1) is 0 Å². The summed E-state index contributed by atoms with van der Waals surface area (Å²) in [6.45, 7) is 0. The molecule has 4 heteroatoms. The van der Waals surface area contributed by atoms with Crippen LogP contribution in [0.15, 0.2) is 18.2 Å². The Labute approximate surface area is 121 Å². The molecule has 4 nitrogen and oxygen atoms in total. The summed E-state index contributed by atoms with van der Waals surface area (Å²) in [7, 11) is 5.62. The smallest absolute Gasteiger partial charge is 0.253 e. The molecule has 0 saturated heterocycles. The third-order valence-corrected chi connectivity index (χ3v) is 4.19. The average molecular weight is 275 g/mol. The van der Waals surface area contributed by atoms with Crippen molar-refractivity contribution in [2.45, 2.75) is 38.1 Å². The average Bonchev–Trinajstić information content (AvgIpc) is 2.47. The van der Waals surface area contributed by atoms with Crippen LogP contribution in [0.25, 0.3) is 0 Å². The highest BCUT2D eigenvalue weighted by molar-refractivity contribution is 5.96. The molecule has 0 aromatic heterocycles. The first-order chi connectivity index (χ1) is 9.50. The standard InChI is InChI=1S/C16H25N3O/c1-18(2)16(20)12-9-10-14(17)15(11-12)19(3)13-7-5-4-6-8-13/h9-11,13H,4-8,17H2,1-3H3. The maximum absolute atomic E-state index is 12.1. The molecule has 1 amide bonds. The number of carbonyl (C=O) groups is 1. The van der Waals surface area contributed by atoms with Crippen LogP contribution in [0.4, 0.5) is 11.4 Å². The van der Waals surface area contributed by atoms with Gasteiger partial charge in [-0.3, -0.25) is 4.79 Å². The fourth-order valence-corrected chi connectivity index (χ4v) is 2.91. The highest BCUT2D eigenvalue weighted by Crippen LogP contribution is 2.30. The lowest BCUT2D eigenvalue weighted by Crippen LogP contribution is -2.34. The van der Waals surface area contributed by atoms with Crippen molar-refractivity contribution < 1.29 is 4.79 Å². The van der Waals surface area contributed by atoms with Gasteiger partial charge in [0.25, 0.3) is 5.91 Å². The van der Waals surface area contributed by atoms with Crippen molar-refractivity contribution in [3.63, 3.8) is 0 Å². The fraction of sp³-hybridized carbons (Fsp3) is 0.562. The van der Waals surface area contributed by atoms with Crippen molar-refractivity contribution in [2.24, 2.45) is 0 Å². The molecular formula is C16H25N3O. The SMILES string of the molecule is CN(C)C(=O)c1ccc(N)c(N(C)C2CCCCC2)c1. The number of nitrogens with zero attached hydrogens (tertiary/aromatic N) is 2. The summed E-state index contributed by atoms with van der Waals surface area (Å²) in [4.78, 5) is 15.9. The summed E-state index contributed by atoms with van der Waals surface area (Å²) in [6.07, 6.45) is 6.32. The van der Waals surface area contributed by atoms with Crippen molar-refractivity contribution in [1.29, 1.82) is 0 Å². The number of nitrogens with two attached hydrogens (primary N) is 1. The van der Waals surface area contributed by atoms with E-state index in [1.165, 1.54) is 32.1 Å². The van der Waals surface area contributed by atoms with Crippen molar-refractivity contribution in [3.8, 4) is 0 Å². The van der Waals surface area contributed by atoms with E-state index in [4.69, 9.17) is 5.73 Å². The van der Waals surface area contributed by atoms with Gasteiger partial charge in [0, 0.05) is 32.7 Å². The van der Waals surface area contributed by atoms with Crippen molar-refractivity contribution >= 4 is 17.3 Å². The lowest BCUT2D eigenvalue weighted by Gasteiger charge is -2.34. The predicted octanol–water partition coefficient (Wildman–Crippen LogP) is 2.74. The topological polar surface area (TPSA) is 49.6 Å². The minimum atomic E-state index is 0.0169. The van der Waals surface area contributed by atoms with Gasteiger partial charge in [-0.05, 0) is 31.0 Å². The number of nitrogen functional groups attached to an aromatic ring is 1. The lowest BCUT2D eigenvalue weighted by atomic mass is 9.94. The van der Waals surface area contributed by atoms with Gasteiger partial charge in [-0.25, -0.2) is 0 Å². The van der Waals surface area contributed by atoms with Gasteiger partial charge in [-0.1, -0.05) is 19.3 Å². The van der Waals surface area contributed by atoms with Gasteiger partial charge in [0.05, 0.1) is 11.4 Å². The van der Waals surface area contributed by atoms with Crippen LogP contribution in [-0.4, -0.2) is 38.0 Å². The number of benzene rings is 1. The van der Waals surface area contributed by atoms with E-state index in [0.717, 1.165) is 11.4 Å². The highest BCUT2D eigenvalue weighted by atomic mass is 16.2. The normalized spacial score (nSPS) is 15.9. The zero-order valence-electron chi connectivity index (χ0n) is 12.7. The molecule has 1 aliphatic rings. The largest absolute Gasteiger partial charge is 0.397 e. The summed E-state index contributed by atoms with van der Waals surface area (Å²) in [5, 5.41) is 0. The quantitative estimate of drug-likeness (QED) is 0.863. The number of rotatable bonds is 3. The van der Waals surface area contributed by atoms with E-state index in [1.54, 1.807) is 25.1 Å². The Morgan fingerprint density at radius 2 is 1.80 bits per heavy atom. The second-order valence-corrected chi connectivity index (χ2v) is 5.88. The van der Waals surface area contributed by atoms with Crippen LogP contribution in [0.2, 0.25) is 0 Å². The van der Waals surface area contributed by atoms with E-state index in [-0.39, 0.29) is 5.91 Å². The van der Waals surface area contributed by atoms with Gasteiger partial charge in [-0.15, -0.1) is 0 Å². The molecule has 1 aliphatic carbocycles. The van der Waals surface area contributed by atoms with Crippen LogP contribution in [0.1, 0.15) is 42.5 Å². The second-order valence-electron chi connectivity index (χ2n) is 5.88. The number of hydrogen-bond donors (Lipinski definition) is 1. The minimum Gasteiger partial charge on any atom is -0.397 e. The second kappa shape index (κ2) is 6.16. The Hall–Kier alpha value is -1.71. The first kappa shape index (κ1) is 14.7. The highest BCUT2D eigenvalue weighted by Gasteiger charge is 2.21. The Bertz CT molecular complexity index is 479. The van der Waals surface area contributed by atoms with Gasteiger partial charge < -0.3 is 15.5 Å². The molecule has 0 radical (unpaired) electrons. The van der Waals surface area contributed by atoms with Gasteiger partial charge in [0.15, 0.2) is 0 Å². The first-order valence-corrected chi connectivity index (χ1v) is 7.34. The van der Waals surface area contributed by atoms with Crippen molar-refractivity contribution in [1.82, 2.24) is 4.90 Å². The van der Waals surface area contributed by atoms with Crippen LogP contribution in [0.3, 0.4) is 0 Å². The molecule has 0 aliphatic heterocycles. The summed E-state index contributed by atoms with van der Waals surface area (Å²) in [5.74, 6) is 0.0169. The number of amides is 1. The Balaban J connectivity index is 2.25. The third kappa shape index (κ3) is 3.06. The summed E-state index contributed by atoms with van der Waals surface area (Å²) in [5.41, 5.74) is 8.52. The van der Waals surface area contributed by atoms with E-state index >= 15 is 0 Å². The molecule has 110 valence electrons. The number of carbonyl (C=O) groups excluding carboxylic acids is 1. The third-order valence-electron chi connectivity index (χ3n) is 4.19. The Morgan fingerprint density at radius 3 is 2.40 bits per heavy atom. The zero-order chi connectivity index (χ0) is 14.7. The lowest BCUT2D eigenvalue weighted by molar-refractivity contribution is 0.0827. The fourth-order valence-electron chi connectivity index (χ4n) is 2.91. The molecule has 0 atom stereocenters. The van der Waals surface area contributed by atoms with E-state index < -0.39 is 0 Å². The molecule has 0 unspecified atom stereocenters. The van der Waals surface area contributed by atoms with Gasteiger partial charge in [0.2, 0.25) is 0 Å². The molecule has 1 aromatic carbocycles. The van der Waals surface area contributed by atoms with Crippen molar-refractivity contribution in [3.05, 3.63) is 23.8 Å². The van der Waals surface area contributed by atoms with Crippen LogP contribution >= 0.6 is 0 Å². The molecular weight excluding hydrogens is 250 g/mol. The van der Waals surface area contributed by atoms with Gasteiger partial charge >= 0.3 is 0 Å². The van der Waals surface area contributed by atoms with Crippen LogP contribution in [0.5, 0.6) is 0 Å². The minimum absolute atomic E-state index is 0.0169. The van der Waals surface area contributed by atoms with Crippen LogP contribution < -0.4 is 10.6 Å². The molecule has 1 fully saturated rings. The van der Waals surface area contributed by atoms with Crippen molar-refractivity contribution in [2.75, 3.05) is 31.8 Å². The molecule has 1 aromatic rings. The molecule has 1 saturated carbocycles. The molecule has 0 bridgehead atoms. The molecule has 0 spiro atoms. The summed E-state index contributed by atoms with van der Waals surface area (Å²) >= 11 is 0. The monoisotopic (exact) mass is 275 g/mol. The van der Waals surface area contributed by atoms with E-state index in [9.17, 15) is 4.79 Å². The summed E-state index contributed by atoms with van der Waals surface area (Å²) in [6, 6.07) is 6.10. The maximum atomic E-state index is 12.1. The van der Waals surface area contributed by atoms with E-state index in [2.05, 4.69) is 11.9 Å². The first-order valence-electron chi connectivity index (χ1n) is 7.34. The number of hydrogen-bond acceptors (Lipinski definition) is 3. The number of anilines is 2. The van der Waals surface area contributed by atoms with Gasteiger partial charge in [-0.2, -0.15) is 0 Å². The van der Waals surface area contributed by atoms with Gasteiger partial charge in [0.1, 0.15) is 0 Å². The Morgan fingerprint density at radius 1 is 1.15 bits per heavy atom. The van der Waals surface area contributed by atoms with Crippen LogP contribution in [-0.2, 0) is 0 Å². The van der Waals surface area contributed by atoms with E-state index in [1.807, 2.05) is 12.1 Å². The zero-order valence-corrected chi connectivity index (χ0v) is 12.7. The maximum Gasteiger partial charge on any atom is 0.253 e. The molecule has 2 N–H and O–H groups in total. The predicted molar refractivity (Wildman–Crippen MR) is 84.1 cm³/mol.